The second-order valence-electron chi connectivity index (χ2n) is 1.86. The number of rotatable bonds is 2. The molecule has 0 unspecified atom stereocenters. The smallest absolute Gasteiger partial charge is 0.164 e. The molecule has 0 fully saturated rings. The van der Waals surface area contributed by atoms with Crippen LogP contribution in [0, 0.1) is 0 Å². The Bertz CT molecular complexity index is 181. The van der Waals surface area contributed by atoms with E-state index in [-0.39, 0.29) is 0 Å². The van der Waals surface area contributed by atoms with E-state index in [4.69, 9.17) is 0 Å². The third-order valence-electron chi connectivity index (χ3n) is 0.982. The zero-order valence-electron chi connectivity index (χ0n) is 5.63. The van der Waals surface area contributed by atoms with Crippen LogP contribution in [-0.2, 0) is 13.6 Å². The number of nitrogens with one attached hydrogen (secondary N) is 1. The summed E-state index contributed by atoms with van der Waals surface area (Å²) in [7, 11) is 3.72. The Morgan fingerprint density at radius 1 is 1.78 bits per heavy atom. The maximum Gasteiger partial charge on any atom is 0.164 e. The Hall–Kier alpha value is -0.900. The molecule has 1 rings (SSSR count). The molecule has 0 aliphatic carbocycles. The Morgan fingerprint density at radius 3 is 3.00 bits per heavy atom. The molecule has 0 saturated carbocycles. The SMILES string of the molecule is CNCc1ncn(C)n1. The van der Waals surface area contributed by atoms with Crippen LogP contribution in [-0.4, -0.2) is 21.8 Å². The third-order valence-corrected chi connectivity index (χ3v) is 0.982. The summed E-state index contributed by atoms with van der Waals surface area (Å²) >= 11 is 0. The first-order valence-electron chi connectivity index (χ1n) is 2.82. The zero-order valence-corrected chi connectivity index (χ0v) is 5.63. The first-order valence-corrected chi connectivity index (χ1v) is 2.82. The van der Waals surface area contributed by atoms with Gasteiger partial charge in [-0.3, -0.25) is 4.68 Å². The molecule has 4 nitrogen and oxygen atoms in total. The van der Waals surface area contributed by atoms with Gasteiger partial charge in [0.05, 0.1) is 6.54 Å². The maximum atomic E-state index is 4.04. The Kier molecular flexibility index (Phi) is 1.79. The fourth-order valence-electron chi connectivity index (χ4n) is 0.623. The Balaban J connectivity index is 2.61. The highest BCUT2D eigenvalue weighted by Gasteiger charge is 1.92. The summed E-state index contributed by atoms with van der Waals surface area (Å²) in [5.41, 5.74) is 0. The third kappa shape index (κ3) is 1.50. The molecule has 4 heteroatoms. The lowest BCUT2D eigenvalue weighted by molar-refractivity contribution is 0.709. The van der Waals surface area contributed by atoms with E-state index in [1.807, 2.05) is 14.1 Å². The molecule has 9 heavy (non-hydrogen) atoms. The van der Waals surface area contributed by atoms with Gasteiger partial charge in [-0.2, -0.15) is 5.10 Å². The molecule has 0 aliphatic rings. The van der Waals surface area contributed by atoms with E-state index >= 15 is 0 Å². The van der Waals surface area contributed by atoms with Gasteiger partial charge in [0.2, 0.25) is 0 Å². The van der Waals surface area contributed by atoms with Gasteiger partial charge in [-0.15, -0.1) is 0 Å². The topological polar surface area (TPSA) is 42.7 Å². The predicted octanol–water partition coefficient (Wildman–Crippen LogP) is -0.466. The summed E-state index contributed by atoms with van der Waals surface area (Å²) in [6.45, 7) is 0.737. The van der Waals surface area contributed by atoms with E-state index in [0.717, 1.165) is 12.4 Å². The van der Waals surface area contributed by atoms with Gasteiger partial charge in [0, 0.05) is 7.05 Å². The van der Waals surface area contributed by atoms with Crippen molar-refractivity contribution < 1.29 is 0 Å². The number of aromatic nitrogens is 3. The standard InChI is InChI=1S/C5H10N4/c1-6-3-5-7-4-9(2)8-5/h4,6H,3H2,1-2H3. The van der Waals surface area contributed by atoms with Crippen molar-refractivity contribution in [3.05, 3.63) is 12.2 Å². The minimum Gasteiger partial charge on any atom is -0.313 e. The molecule has 0 amide bonds. The van der Waals surface area contributed by atoms with Crippen LogP contribution in [0.4, 0.5) is 0 Å². The van der Waals surface area contributed by atoms with Crippen molar-refractivity contribution in [2.24, 2.45) is 7.05 Å². The first-order chi connectivity index (χ1) is 4.33. The van der Waals surface area contributed by atoms with Crippen LogP contribution in [0.1, 0.15) is 5.82 Å². The van der Waals surface area contributed by atoms with Crippen LogP contribution < -0.4 is 5.32 Å². The molecule has 1 heterocycles. The van der Waals surface area contributed by atoms with Gasteiger partial charge >= 0.3 is 0 Å². The summed E-state index contributed by atoms with van der Waals surface area (Å²) in [6.07, 6.45) is 1.69. The van der Waals surface area contributed by atoms with Gasteiger partial charge in [0.1, 0.15) is 6.33 Å². The van der Waals surface area contributed by atoms with E-state index in [9.17, 15) is 0 Å². The average molecular weight is 126 g/mol. The summed E-state index contributed by atoms with van der Waals surface area (Å²) in [5.74, 6) is 0.833. The van der Waals surface area contributed by atoms with Crippen molar-refractivity contribution in [1.82, 2.24) is 20.1 Å². The van der Waals surface area contributed by atoms with Crippen molar-refractivity contribution in [3.63, 3.8) is 0 Å². The minimum atomic E-state index is 0.737. The summed E-state index contributed by atoms with van der Waals surface area (Å²) in [4.78, 5) is 3.99. The highest BCUT2D eigenvalue weighted by molar-refractivity contribution is 4.78. The molecule has 0 aliphatic heterocycles. The molecule has 1 aromatic rings. The zero-order chi connectivity index (χ0) is 6.69. The molecular formula is C5H10N4. The van der Waals surface area contributed by atoms with Crippen LogP contribution in [0.15, 0.2) is 6.33 Å². The second kappa shape index (κ2) is 2.59. The molecule has 50 valence electrons. The molecule has 0 saturated heterocycles. The molecule has 1 N–H and O–H groups in total. The lowest BCUT2D eigenvalue weighted by atomic mass is 10.6. The van der Waals surface area contributed by atoms with Gasteiger partial charge < -0.3 is 5.32 Å². The molecule has 0 aromatic carbocycles. The van der Waals surface area contributed by atoms with E-state index in [2.05, 4.69) is 15.4 Å². The minimum absolute atomic E-state index is 0.737. The normalized spacial score (nSPS) is 10.0. The first kappa shape index (κ1) is 6.22. The number of hydrogen-bond donors (Lipinski definition) is 1. The van der Waals surface area contributed by atoms with Crippen LogP contribution in [0.2, 0.25) is 0 Å². The summed E-state index contributed by atoms with van der Waals surface area (Å²) in [5, 5.41) is 7.00. The van der Waals surface area contributed by atoms with Crippen molar-refractivity contribution in [2.75, 3.05) is 7.05 Å². The van der Waals surface area contributed by atoms with E-state index in [1.165, 1.54) is 0 Å². The number of hydrogen-bond acceptors (Lipinski definition) is 3. The second-order valence-corrected chi connectivity index (χ2v) is 1.86. The fraction of sp³-hybridized carbons (Fsp3) is 0.600. The molecular weight excluding hydrogens is 116 g/mol. The van der Waals surface area contributed by atoms with Gasteiger partial charge in [-0.1, -0.05) is 0 Å². The largest absolute Gasteiger partial charge is 0.313 e. The summed E-state index contributed by atoms with van der Waals surface area (Å²) in [6, 6.07) is 0. The van der Waals surface area contributed by atoms with Gasteiger partial charge in [0.15, 0.2) is 5.82 Å². The van der Waals surface area contributed by atoms with E-state index in [1.54, 1.807) is 11.0 Å². The van der Waals surface area contributed by atoms with Crippen molar-refractivity contribution in [2.45, 2.75) is 6.54 Å². The molecule has 0 radical (unpaired) electrons. The Morgan fingerprint density at radius 2 is 2.56 bits per heavy atom. The highest BCUT2D eigenvalue weighted by atomic mass is 15.3. The molecule has 0 atom stereocenters. The number of nitrogens with zero attached hydrogens (tertiary/aromatic N) is 3. The number of aryl methyl sites for hydroxylation is 1. The molecule has 0 spiro atoms. The lowest BCUT2D eigenvalue weighted by Gasteiger charge is -1.88. The van der Waals surface area contributed by atoms with Crippen molar-refractivity contribution >= 4 is 0 Å². The van der Waals surface area contributed by atoms with E-state index < -0.39 is 0 Å². The van der Waals surface area contributed by atoms with Crippen LogP contribution in [0.25, 0.3) is 0 Å². The van der Waals surface area contributed by atoms with Crippen molar-refractivity contribution in [3.8, 4) is 0 Å². The van der Waals surface area contributed by atoms with E-state index in [0.29, 0.717) is 0 Å². The van der Waals surface area contributed by atoms with Crippen LogP contribution >= 0.6 is 0 Å². The highest BCUT2D eigenvalue weighted by Crippen LogP contribution is 1.84. The van der Waals surface area contributed by atoms with Gasteiger partial charge in [-0.25, -0.2) is 4.98 Å². The van der Waals surface area contributed by atoms with Gasteiger partial charge in [-0.05, 0) is 7.05 Å². The van der Waals surface area contributed by atoms with Crippen molar-refractivity contribution in [1.29, 1.82) is 0 Å². The monoisotopic (exact) mass is 126 g/mol. The molecule has 1 aromatic heterocycles. The Labute approximate surface area is 53.9 Å². The maximum absolute atomic E-state index is 4.04. The molecule has 0 bridgehead atoms. The summed E-state index contributed by atoms with van der Waals surface area (Å²) < 4.78 is 1.69. The quantitative estimate of drug-likeness (QED) is 0.582. The fourth-order valence-corrected chi connectivity index (χ4v) is 0.623. The lowest BCUT2D eigenvalue weighted by Crippen LogP contribution is -2.06. The average Bonchev–Trinajstić information content (AvgIpc) is 2.17. The van der Waals surface area contributed by atoms with Crippen LogP contribution in [0.5, 0.6) is 0 Å². The van der Waals surface area contributed by atoms with Crippen LogP contribution in [0.3, 0.4) is 0 Å². The predicted molar refractivity (Wildman–Crippen MR) is 33.8 cm³/mol. The van der Waals surface area contributed by atoms with Gasteiger partial charge in [0.25, 0.3) is 0 Å².